The molecule has 1 aromatic rings. The molecule has 2 atom stereocenters. The molecule has 2 heteroatoms. The van der Waals surface area contributed by atoms with E-state index in [9.17, 15) is 0 Å². The van der Waals surface area contributed by atoms with Gasteiger partial charge in [0, 0.05) is 19.0 Å². The normalized spacial score (nSPS) is 30.9. The van der Waals surface area contributed by atoms with Crippen molar-refractivity contribution in [2.75, 3.05) is 20.2 Å². The number of rotatable bonds is 1. The lowest BCUT2D eigenvalue weighted by molar-refractivity contribution is 0.276. The van der Waals surface area contributed by atoms with Crippen molar-refractivity contribution in [2.24, 2.45) is 5.41 Å². The van der Waals surface area contributed by atoms with E-state index < -0.39 is 0 Å². The van der Waals surface area contributed by atoms with Crippen molar-refractivity contribution in [3.05, 3.63) is 28.8 Å². The van der Waals surface area contributed by atoms with E-state index in [2.05, 4.69) is 31.3 Å². The molecule has 1 saturated heterocycles. The van der Waals surface area contributed by atoms with Crippen LogP contribution < -0.4 is 10.1 Å². The number of ether oxygens (including phenoxy) is 1. The molecular formula is C15H21NO. The fraction of sp³-hybridized carbons (Fsp3) is 0.600. The second-order valence-corrected chi connectivity index (χ2v) is 5.80. The molecule has 1 aliphatic heterocycles. The van der Waals surface area contributed by atoms with E-state index in [4.69, 9.17) is 4.74 Å². The highest BCUT2D eigenvalue weighted by Gasteiger charge is 2.43. The van der Waals surface area contributed by atoms with Crippen LogP contribution in [0.2, 0.25) is 0 Å². The van der Waals surface area contributed by atoms with E-state index in [1.54, 1.807) is 12.7 Å². The molecule has 17 heavy (non-hydrogen) atoms. The number of hydrogen-bond donors (Lipinski definition) is 1. The Hall–Kier alpha value is -1.02. The monoisotopic (exact) mass is 231 g/mol. The molecule has 1 heterocycles. The van der Waals surface area contributed by atoms with Crippen molar-refractivity contribution in [3.63, 3.8) is 0 Å². The minimum absolute atomic E-state index is 0.466. The minimum Gasteiger partial charge on any atom is -0.496 e. The van der Waals surface area contributed by atoms with Crippen LogP contribution in [-0.4, -0.2) is 20.2 Å². The van der Waals surface area contributed by atoms with Crippen LogP contribution in [0, 0.1) is 12.3 Å². The van der Waals surface area contributed by atoms with Crippen LogP contribution in [-0.2, 0) is 6.42 Å². The van der Waals surface area contributed by atoms with Gasteiger partial charge < -0.3 is 10.1 Å². The SMILES string of the molecule is COc1ccc2c(c1C)CC[C@@]1(C)CNC[C@@H]21. The maximum absolute atomic E-state index is 5.43. The molecule has 0 bridgehead atoms. The van der Waals surface area contributed by atoms with Gasteiger partial charge in [0.1, 0.15) is 5.75 Å². The summed E-state index contributed by atoms with van der Waals surface area (Å²) >= 11 is 0. The predicted molar refractivity (Wildman–Crippen MR) is 69.8 cm³/mol. The van der Waals surface area contributed by atoms with Crippen molar-refractivity contribution in [1.82, 2.24) is 5.32 Å². The van der Waals surface area contributed by atoms with E-state index in [1.165, 1.54) is 30.5 Å². The molecule has 1 aliphatic carbocycles. The highest BCUT2D eigenvalue weighted by molar-refractivity contribution is 5.48. The zero-order valence-corrected chi connectivity index (χ0v) is 11.0. The molecular weight excluding hydrogens is 210 g/mol. The molecule has 0 aromatic heterocycles. The molecule has 1 aromatic carbocycles. The molecule has 0 unspecified atom stereocenters. The Kier molecular flexibility index (Phi) is 2.44. The largest absolute Gasteiger partial charge is 0.496 e. The van der Waals surface area contributed by atoms with Crippen LogP contribution in [0.1, 0.15) is 36.0 Å². The summed E-state index contributed by atoms with van der Waals surface area (Å²) in [5.41, 5.74) is 4.91. The fourth-order valence-corrected chi connectivity index (χ4v) is 3.67. The zero-order chi connectivity index (χ0) is 12.0. The summed E-state index contributed by atoms with van der Waals surface area (Å²) < 4.78 is 5.43. The standard InChI is InChI=1S/C15H21NO/c1-10-11-6-7-15(2)9-16-8-13(15)12(11)4-5-14(10)17-3/h4-5,13,16H,6-9H2,1-3H3/t13-,15-/m0/s1. The quantitative estimate of drug-likeness (QED) is 0.802. The lowest BCUT2D eigenvalue weighted by Crippen LogP contribution is -2.30. The van der Waals surface area contributed by atoms with Crippen LogP contribution in [0.5, 0.6) is 5.75 Å². The molecule has 0 saturated carbocycles. The van der Waals surface area contributed by atoms with Crippen molar-refractivity contribution in [3.8, 4) is 5.75 Å². The summed E-state index contributed by atoms with van der Waals surface area (Å²) in [5, 5.41) is 3.56. The van der Waals surface area contributed by atoms with E-state index >= 15 is 0 Å². The van der Waals surface area contributed by atoms with Crippen LogP contribution in [0.25, 0.3) is 0 Å². The molecule has 92 valence electrons. The van der Waals surface area contributed by atoms with Gasteiger partial charge in [0.25, 0.3) is 0 Å². The Morgan fingerprint density at radius 2 is 2.24 bits per heavy atom. The van der Waals surface area contributed by atoms with Crippen LogP contribution in [0.4, 0.5) is 0 Å². The average molecular weight is 231 g/mol. The van der Waals surface area contributed by atoms with Crippen molar-refractivity contribution in [2.45, 2.75) is 32.6 Å². The highest BCUT2D eigenvalue weighted by atomic mass is 16.5. The van der Waals surface area contributed by atoms with Crippen LogP contribution in [0.3, 0.4) is 0 Å². The van der Waals surface area contributed by atoms with Crippen LogP contribution in [0.15, 0.2) is 12.1 Å². The number of fused-ring (bicyclic) bond motifs is 3. The van der Waals surface area contributed by atoms with Gasteiger partial charge in [-0.3, -0.25) is 0 Å². The summed E-state index contributed by atoms with van der Waals surface area (Å²) in [6.07, 6.45) is 2.50. The first kappa shape index (κ1) is 11.1. The summed E-state index contributed by atoms with van der Waals surface area (Å²) in [5.74, 6) is 1.73. The number of methoxy groups -OCH3 is 1. The molecule has 2 nitrogen and oxygen atoms in total. The molecule has 1 N–H and O–H groups in total. The lowest BCUT2D eigenvalue weighted by Gasteiger charge is -2.37. The number of nitrogens with one attached hydrogen (secondary N) is 1. The van der Waals surface area contributed by atoms with Gasteiger partial charge in [-0.05, 0) is 47.9 Å². The van der Waals surface area contributed by atoms with Gasteiger partial charge in [0.2, 0.25) is 0 Å². The van der Waals surface area contributed by atoms with Gasteiger partial charge >= 0.3 is 0 Å². The average Bonchev–Trinajstić information content (AvgIpc) is 2.71. The summed E-state index contributed by atoms with van der Waals surface area (Å²) in [6, 6.07) is 4.43. The first-order chi connectivity index (χ1) is 8.15. The molecule has 0 radical (unpaired) electrons. The van der Waals surface area contributed by atoms with Crippen molar-refractivity contribution in [1.29, 1.82) is 0 Å². The van der Waals surface area contributed by atoms with Gasteiger partial charge in [-0.1, -0.05) is 13.0 Å². The first-order valence-electron chi connectivity index (χ1n) is 6.53. The Morgan fingerprint density at radius 1 is 1.41 bits per heavy atom. The number of hydrogen-bond acceptors (Lipinski definition) is 2. The molecule has 2 aliphatic rings. The first-order valence-corrected chi connectivity index (χ1v) is 6.53. The van der Waals surface area contributed by atoms with Crippen molar-refractivity contribution >= 4 is 0 Å². The second-order valence-electron chi connectivity index (χ2n) is 5.80. The van der Waals surface area contributed by atoms with Gasteiger partial charge in [-0.2, -0.15) is 0 Å². The van der Waals surface area contributed by atoms with E-state index in [1.807, 2.05) is 0 Å². The third-order valence-electron chi connectivity index (χ3n) is 4.84. The molecule has 1 fully saturated rings. The molecule has 3 rings (SSSR count). The Labute approximate surface area is 103 Å². The van der Waals surface area contributed by atoms with E-state index in [0.29, 0.717) is 11.3 Å². The van der Waals surface area contributed by atoms with Crippen LogP contribution >= 0.6 is 0 Å². The fourth-order valence-electron chi connectivity index (χ4n) is 3.67. The molecule has 0 spiro atoms. The maximum Gasteiger partial charge on any atom is 0.122 e. The van der Waals surface area contributed by atoms with E-state index in [0.717, 1.165) is 12.3 Å². The Morgan fingerprint density at radius 3 is 3.00 bits per heavy atom. The van der Waals surface area contributed by atoms with Gasteiger partial charge in [-0.15, -0.1) is 0 Å². The highest BCUT2D eigenvalue weighted by Crippen LogP contribution is 2.49. The lowest BCUT2D eigenvalue weighted by atomic mass is 9.66. The summed E-state index contributed by atoms with van der Waals surface area (Å²) in [6.45, 7) is 6.93. The topological polar surface area (TPSA) is 21.3 Å². The summed E-state index contributed by atoms with van der Waals surface area (Å²) in [4.78, 5) is 0. The zero-order valence-electron chi connectivity index (χ0n) is 11.0. The van der Waals surface area contributed by atoms with Gasteiger partial charge in [-0.25, -0.2) is 0 Å². The Bertz CT molecular complexity index is 454. The van der Waals surface area contributed by atoms with E-state index in [-0.39, 0.29) is 0 Å². The smallest absolute Gasteiger partial charge is 0.122 e. The Balaban J connectivity index is 2.11. The third kappa shape index (κ3) is 1.50. The van der Waals surface area contributed by atoms with Gasteiger partial charge in [0.15, 0.2) is 0 Å². The van der Waals surface area contributed by atoms with Crippen molar-refractivity contribution < 1.29 is 4.74 Å². The second kappa shape index (κ2) is 3.74. The summed E-state index contributed by atoms with van der Waals surface area (Å²) in [7, 11) is 1.76. The third-order valence-corrected chi connectivity index (χ3v) is 4.84. The maximum atomic E-state index is 5.43. The predicted octanol–water partition coefficient (Wildman–Crippen LogP) is 2.64. The number of benzene rings is 1. The molecule has 0 amide bonds. The van der Waals surface area contributed by atoms with Gasteiger partial charge in [0.05, 0.1) is 7.11 Å². The minimum atomic E-state index is 0.466.